The molecule has 20 heavy (non-hydrogen) atoms. The van der Waals surface area contributed by atoms with Crippen molar-refractivity contribution in [2.24, 2.45) is 11.8 Å². The quantitative estimate of drug-likeness (QED) is 0.401. The molecule has 1 amide bonds. The molecule has 0 aromatic carbocycles. The summed E-state index contributed by atoms with van der Waals surface area (Å²) in [4.78, 5) is 19.6. The van der Waals surface area contributed by atoms with Gasteiger partial charge in [0.2, 0.25) is 11.7 Å². The van der Waals surface area contributed by atoms with Crippen LogP contribution >= 0.6 is 0 Å². The van der Waals surface area contributed by atoms with Crippen LogP contribution in [0, 0.1) is 5.92 Å². The summed E-state index contributed by atoms with van der Waals surface area (Å²) in [7, 11) is 1.50. The van der Waals surface area contributed by atoms with Crippen molar-refractivity contribution in [3.8, 4) is 5.75 Å². The number of nitrogens with two attached hydrogens (primary N) is 1. The molecule has 0 saturated heterocycles. The van der Waals surface area contributed by atoms with E-state index in [4.69, 9.17) is 10.6 Å². The number of hydrogen-bond donors (Lipinski definition) is 4. The van der Waals surface area contributed by atoms with Crippen molar-refractivity contribution in [2.75, 3.05) is 30.9 Å². The Morgan fingerprint density at radius 3 is 2.70 bits per heavy atom. The number of hydrazine groups is 1. The molecule has 0 unspecified atom stereocenters. The van der Waals surface area contributed by atoms with Crippen molar-refractivity contribution in [3.63, 3.8) is 0 Å². The molecular weight excluding hydrogens is 260 g/mol. The number of amides is 1. The zero-order valence-electron chi connectivity index (χ0n) is 12.1. The topological polar surface area (TPSA) is 114 Å². The maximum Gasteiger partial charge on any atom is 0.221 e. The fourth-order valence-corrected chi connectivity index (χ4v) is 1.50. The van der Waals surface area contributed by atoms with Crippen molar-refractivity contribution < 1.29 is 9.53 Å². The SMILES string of the molecule is COc1c(NN)ncnc1NCCC(=O)NCC(C)C. The molecule has 1 rings (SSSR count). The molecule has 8 nitrogen and oxygen atoms in total. The fraction of sp³-hybridized carbons (Fsp3) is 0.583. The lowest BCUT2D eigenvalue weighted by molar-refractivity contribution is -0.120. The normalized spacial score (nSPS) is 10.2. The number of aromatic nitrogens is 2. The number of carbonyl (C=O) groups excluding carboxylic acids is 1. The van der Waals surface area contributed by atoms with Crippen LogP contribution < -0.4 is 26.6 Å². The van der Waals surface area contributed by atoms with Crippen LogP contribution in [0.2, 0.25) is 0 Å². The van der Waals surface area contributed by atoms with Gasteiger partial charge in [0.05, 0.1) is 7.11 Å². The van der Waals surface area contributed by atoms with Crippen LogP contribution in [-0.2, 0) is 4.79 Å². The van der Waals surface area contributed by atoms with E-state index in [0.29, 0.717) is 42.8 Å². The minimum Gasteiger partial charge on any atom is -0.490 e. The molecular formula is C12H22N6O2. The molecule has 8 heteroatoms. The Morgan fingerprint density at radius 1 is 1.40 bits per heavy atom. The number of nitrogens with zero attached hydrogens (tertiary/aromatic N) is 2. The molecule has 0 aliphatic carbocycles. The van der Waals surface area contributed by atoms with Gasteiger partial charge in [-0.25, -0.2) is 15.8 Å². The van der Waals surface area contributed by atoms with E-state index in [1.807, 2.05) is 13.8 Å². The van der Waals surface area contributed by atoms with Gasteiger partial charge in [0, 0.05) is 19.5 Å². The Balaban J connectivity index is 2.48. The zero-order chi connectivity index (χ0) is 15.0. The summed E-state index contributed by atoms with van der Waals surface area (Å²) in [6.07, 6.45) is 1.71. The van der Waals surface area contributed by atoms with Crippen molar-refractivity contribution >= 4 is 17.5 Å². The third-order valence-corrected chi connectivity index (χ3v) is 2.50. The van der Waals surface area contributed by atoms with Gasteiger partial charge >= 0.3 is 0 Å². The van der Waals surface area contributed by atoms with Crippen molar-refractivity contribution in [1.82, 2.24) is 15.3 Å². The van der Waals surface area contributed by atoms with E-state index in [-0.39, 0.29) is 5.91 Å². The first-order valence-corrected chi connectivity index (χ1v) is 6.44. The van der Waals surface area contributed by atoms with Crippen LogP contribution in [0.1, 0.15) is 20.3 Å². The Hall–Kier alpha value is -2.09. The average molecular weight is 282 g/mol. The van der Waals surface area contributed by atoms with Crippen molar-refractivity contribution in [2.45, 2.75) is 20.3 Å². The van der Waals surface area contributed by atoms with Gasteiger partial charge in [0.25, 0.3) is 0 Å². The average Bonchev–Trinajstić information content (AvgIpc) is 2.44. The lowest BCUT2D eigenvalue weighted by atomic mass is 10.2. The van der Waals surface area contributed by atoms with E-state index in [2.05, 4.69) is 26.0 Å². The molecule has 1 aromatic rings. The maximum absolute atomic E-state index is 11.6. The highest BCUT2D eigenvalue weighted by Gasteiger charge is 2.11. The number of rotatable bonds is 8. The van der Waals surface area contributed by atoms with E-state index < -0.39 is 0 Å². The van der Waals surface area contributed by atoms with Crippen LogP contribution in [0.25, 0.3) is 0 Å². The van der Waals surface area contributed by atoms with Crippen LogP contribution in [-0.4, -0.2) is 36.1 Å². The lowest BCUT2D eigenvalue weighted by Crippen LogP contribution is -2.28. The Morgan fingerprint density at radius 2 is 2.10 bits per heavy atom. The number of anilines is 2. The minimum absolute atomic E-state index is 0.00334. The fourth-order valence-electron chi connectivity index (χ4n) is 1.50. The predicted molar refractivity (Wildman–Crippen MR) is 77.3 cm³/mol. The molecule has 0 atom stereocenters. The Kier molecular flexibility index (Phi) is 6.51. The summed E-state index contributed by atoms with van der Waals surface area (Å²) in [5.74, 6) is 7.05. The summed E-state index contributed by atoms with van der Waals surface area (Å²) in [6, 6.07) is 0. The summed E-state index contributed by atoms with van der Waals surface area (Å²) < 4.78 is 5.17. The third-order valence-electron chi connectivity index (χ3n) is 2.50. The maximum atomic E-state index is 11.6. The number of hydrogen-bond acceptors (Lipinski definition) is 7. The predicted octanol–water partition coefficient (Wildman–Crippen LogP) is 0.345. The van der Waals surface area contributed by atoms with E-state index in [1.54, 1.807) is 0 Å². The lowest BCUT2D eigenvalue weighted by Gasteiger charge is -2.12. The molecule has 1 aromatic heterocycles. The van der Waals surface area contributed by atoms with Crippen LogP contribution in [0.5, 0.6) is 5.75 Å². The molecule has 0 aliphatic heterocycles. The van der Waals surface area contributed by atoms with Crippen LogP contribution in [0.15, 0.2) is 6.33 Å². The standard InChI is InChI=1S/C12H22N6O2/c1-8(2)6-15-9(19)4-5-14-11-10(20-3)12(18-13)17-7-16-11/h7-8H,4-6,13H2,1-3H3,(H,15,19)(H2,14,16,17,18). The first-order valence-electron chi connectivity index (χ1n) is 6.44. The number of nitrogen functional groups attached to an aromatic ring is 1. The van der Waals surface area contributed by atoms with Crippen LogP contribution in [0.4, 0.5) is 11.6 Å². The van der Waals surface area contributed by atoms with Gasteiger partial charge < -0.3 is 20.8 Å². The van der Waals surface area contributed by atoms with Gasteiger partial charge in [-0.2, -0.15) is 0 Å². The second kappa shape index (κ2) is 8.16. The molecule has 0 bridgehead atoms. The molecule has 1 heterocycles. The van der Waals surface area contributed by atoms with Gasteiger partial charge in [0.15, 0.2) is 11.6 Å². The van der Waals surface area contributed by atoms with Gasteiger partial charge in [0.1, 0.15) is 6.33 Å². The van der Waals surface area contributed by atoms with Crippen molar-refractivity contribution in [3.05, 3.63) is 6.33 Å². The number of methoxy groups -OCH3 is 1. The summed E-state index contributed by atoms with van der Waals surface area (Å²) in [6.45, 7) is 5.22. The molecule has 0 fully saturated rings. The van der Waals surface area contributed by atoms with Gasteiger partial charge in [-0.05, 0) is 5.92 Å². The second-order valence-corrected chi connectivity index (χ2v) is 4.62. The first kappa shape index (κ1) is 16.0. The summed E-state index contributed by atoms with van der Waals surface area (Å²) in [5, 5.41) is 5.87. The largest absolute Gasteiger partial charge is 0.490 e. The molecule has 0 aliphatic rings. The molecule has 0 saturated carbocycles. The summed E-state index contributed by atoms with van der Waals surface area (Å²) in [5.41, 5.74) is 2.42. The van der Waals surface area contributed by atoms with E-state index in [0.717, 1.165) is 0 Å². The number of nitrogens with one attached hydrogen (secondary N) is 3. The smallest absolute Gasteiger partial charge is 0.221 e. The Bertz CT molecular complexity index is 438. The van der Waals surface area contributed by atoms with E-state index in [1.165, 1.54) is 13.4 Å². The van der Waals surface area contributed by atoms with Gasteiger partial charge in [-0.3, -0.25) is 4.79 Å². The first-order chi connectivity index (χ1) is 9.58. The Labute approximate surface area is 118 Å². The van der Waals surface area contributed by atoms with Crippen LogP contribution in [0.3, 0.4) is 0 Å². The minimum atomic E-state index is -0.00334. The van der Waals surface area contributed by atoms with E-state index >= 15 is 0 Å². The highest BCUT2D eigenvalue weighted by atomic mass is 16.5. The monoisotopic (exact) mass is 282 g/mol. The third kappa shape index (κ3) is 4.88. The highest BCUT2D eigenvalue weighted by molar-refractivity contribution is 5.76. The molecule has 112 valence electrons. The van der Waals surface area contributed by atoms with Gasteiger partial charge in [-0.15, -0.1) is 0 Å². The molecule has 5 N–H and O–H groups in total. The van der Waals surface area contributed by atoms with E-state index in [9.17, 15) is 4.79 Å². The van der Waals surface area contributed by atoms with Gasteiger partial charge in [-0.1, -0.05) is 13.8 Å². The second-order valence-electron chi connectivity index (χ2n) is 4.62. The number of ether oxygens (including phenoxy) is 1. The number of carbonyl (C=O) groups is 1. The summed E-state index contributed by atoms with van der Waals surface area (Å²) >= 11 is 0. The molecule has 0 spiro atoms. The van der Waals surface area contributed by atoms with Crippen molar-refractivity contribution in [1.29, 1.82) is 0 Å². The highest BCUT2D eigenvalue weighted by Crippen LogP contribution is 2.27. The zero-order valence-corrected chi connectivity index (χ0v) is 12.1. The molecule has 0 radical (unpaired) electrons.